The molecule has 1 aliphatic rings. The van der Waals surface area contributed by atoms with Crippen molar-refractivity contribution in [2.24, 2.45) is 5.41 Å². The maximum atomic E-state index is 11.6. The van der Waals surface area contributed by atoms with E-state index in [1.807, 2.05) is 20.8 Å². The molecule has 0 radical (unpaired) electrons. The Bertz CT molecular complexity index is 342. The zero-order chi connectivity index (χ0) is 15.0. The van der Waals surface area contributed by atoms with E-state index >= 15 is 0 Å². The van der Waals surface area contributed by atoms with Gasteiger partial charge in [-0.25, -0.2) is 4.79 Å². The number of nitriles is 1. The predicted octanol–water partition coefficient (Wildman–Crippen LogP) is 2.53. The van der Waals surface area contributed by atoms with Crippen molar-refractivity contribution >= 4 is 6.09 Å². The number of likely N-dealkylation sites (tertiary alicyclic amines) is 1. The van der Waals surface area contributed by atoms with Crippen molar-refractivity contribution in [2.45, 2.75) is 52.5 Å². The van der Waals surface area contributed by atoms with Gasteiger partial charge >= 0.3 is 6.09 Å². The van der Waals surface area contributed by atoms with Crippen LogP contribution in [0.1, 0.15) is 46.5 Å². The number of piperidine rings is 1. The number of nitrogens with one attached hydrogen (secondary N) is 1. The normalized spacial score (nSPS) is 16.8. The molecule has 0 aromatic rings. The molecule has 114 valence electrons. The molecule has 1 amide bonds. The first-order chi connectivity index (χ1) is 9.48. The molecule has 1 saturated heterocycles. The fourth-order valence-electron chi connectivity index (χ4n) is 2.37. The molecule has 0 aromatic carbocycles. The van der Waals surface area contributed by atoms with Gasteiger partial charge in [0.05, 0.1) is 18.1 Å². The van der Waals surface area contributed by atoms with E-state index in [1.54, 1.807) is 4.90 Å². The van der Waals surface area contributed by atoms with E-state index in [1.165, 1.54) is 0 Å². The number of rotatable bonds is 6. The SMILES string of the molecule is CCOC(=O)N1CCC(NCCCC(C)(C)C#N)CC1. The molecule has 0 saturated carbocycles. The highest BCUT2D eigenvalue weighted by atomic mass is 16.6. The van der Waals surface area contributed by atoms with Crippen molar-refractivity contribution in [1.82, 2.24) is 10.2 Å². The standard InChI is InChI=1S/C15H27N3O2/c1-4-20-14(19)18-10-6-13(7-11-18)17-9-5-8-15(2,3)12-16/h13,17H,4-11H2,1-3H3. The molecule has 5 nitrogen and oxygen atoms in total. The molecule has 0 aliphatic carbocycles. The van der Waals surface area contributed by atoms with E-state index in [9.17, 15) is 4.79 Å². The molecular formula is C15H27N3O2. The van der Waals surface area contributed by atoms with Gasteiger partial charge in [0.15, 0.2) is 0 Å². The van der Waals surface area contributed by atoms with E-state index < -0.39 is 0 Å². The van der Waals surface area contributed by atoms with E-state index in [-0.39, 0.29) is 11.5 Å². The van der Waals surface area contributed by atoms with Gasteiger partial charge < -0.3 is 15.0 Å². The highest BCUT2D eigenvalue weighted by molar-refractivity contribution is 5.67. The van der Waals surface area contributed by atoms with Crippen LogP contribution in [-0.2, 0) is 4.74 Å². The van der Waals surface area contributed by atoms with Gasteiger partial charge in [0, 0.05) is 19.1 Å². The lowest BCUT2D eigenvalue weighted by Gasteiger charge is -2.31. The van der Waals surface area contributed by atoms with E-state index in [4.69, 9.17) is 10.00 Å². The Morgan fingerprint density at radius 1 is 1.45 bits per heavy atom. The summed E-state index contributed by atoms with van der Waals surface area (Å²) in [6.45, 7) is 8.69. The van der Waals surface area contributed by atoms with Crippen LogP contribution in [0.4, 0.5) is 4.79 Å². The molecule has 1 fully saturated rings. The second-order valence-electron chi connectivity index (χ2n) is 6.01. The summed E-state index contributed by atoms with van der Waals surface area (Å²) in [4.78, 5) is 13.3. The lowest BCUT2D eigenvalue weighted by molar-refractivity contribution is 0.0950. The summed E-state index contributed by atoms with van der Waals surface area (Å²) in [5.74, 6) is 0. The van der Waals surface area contributed by atoms with Crippen LogP contribution in [0.3, 0.4) is 0 Å². The monoisotopic (exact) mass is 281 g/mol. The van der Waals surface area contributed by atoms with Gasteiger partial charge in [-0.3, -0.25) is 0 Å². The Balaban J connectivity index is 2.14. The molecule has 0 spiro atoms. The van der Waals surface area contributed by atoms with Gasteiger partial charge in [0.2, 0.25) is 0 Å². The molecule has 20 heavy (non-hydrogen) atoms. The molecule has 0 aromatic heterocycles. The number of amides is 1. The average molecular weight is 281 g/mol. The van der Waals surface area contributed by atoms with Crippen molar-refractivity contribution in [3.8, 4) is 6.07 Å². The molecule has 1 N–H and O–H groups in total. The molecule has 5 heteroatoms. The first kappa shape index (κ1) is 16.8. The van der Waals surface area contributed by atoms with Crippen LogP contribution in [0.25, 0.3) is 0 Å². The third kappa shape index (κ3) is 5.79. The fourth-order valence-corrected chi connectivity index (χ4v) is 2.37. The Hall–Kier alpha value is -1.28. The third-order valence-corrected chi connectivity index (χ3v) is 3.74. The Morgan fingerprint density at radius 2 is 2.10 bits per heavy atom. The van der Waals surface area contributed by atoms with Crippen LogP contribution < -0.4 is 5.32 Å². The minimum Gasteiger partial charge on any atom is -0.450 e. The Labute approximate surface area is 122 Å². The summed E-state index contributed by atoms with van der Waals surface area (Å²) in [5.41, 5.74) is -0.227. The van der Waals surface area contributed by atoms with Crippen molar-refractivity contribution in [3.05, 3.63) is 0 Å². The van der Waals surface area contributed by atoms with Crippen LogP contribution in [0.2, 0.25) is 0 Å². The van der Waals surface area contributed by atoms with E-state index in [2.05, 4.69) is 11.4 Å². The van der Waals surface area contributed by atoms with E-state index in [0.29, 0.717) is 12.6 Å². The lowest BCUT2D eigenvalue weighted by atomic mass is 9.90. The van der Waals surface area contributed by atoms with Gasteiger partial charge in [-0.05, 0) is 53.0 Å². The first-order valence-corrected chi connectivity index (χ1v) is 7.55. The maximum Gasteiger partial charge on any atom is 0.409 e. The second-order valence-corrected chi connectivity index (χ2v) is 6.01. The Morgan fingerprint density at radius 3 is 2.65 bits per heavy atom. The Kier molecular flexibility index (Phi) is 6.80. The van der Waals surface area contributed by atoms with Crippen LogP contribution in [0.5, 0.6) is 0 Å². The number of carbonyl (C=O) groups is 1. The molecule has 1 aliphatic heterocycles. The molecular weight excluding hydrogens is 254 g/mol. The third-order valence-electron chi connectivity index (χ3n) is 3.74. The summed E-state index contributed by atoms with van der Waals surface area (Å²) in [6, 6.07) is 2.80. The van der Waals surface area contributed by atoms with Gasteiger partial charge in [-0.2, -0.15) is 5.26 Å². The van der Waals surface area contributed by atoms with Gasteiger partial charge in [-0.1, -0.05) is 0 Å². The van der Waals surface area contributed by atoms with Gasteiger partial charge in [0.1, 0.15) is 0 Å². The number of carbonyl (C=O) groups excluding carboxylic acids is 1. The summed E-state index contributed by atoms with van der Waals surface area (Å²) >= 11 is 0. The summed E-state index contributed by atoms with van der Waals surface area (Å²) in [6.07, 6.45) is 3.68. The second kappa shape index (κ2) is 8.11. The van der Waals surface area contributed by atoms with Gasteiger partial charge in [0.25, 0.3) is 0 Å². The average Bonchev–Trinajstić information content (AvgIpc) is 2.44. The van der Waals surface area contributed by atoms with Crippen molar-refractivity contribution in [3.63, 3.8) is 0 Å². The van der Waals surface area contributed by atoms with Crippen LogP contribution in [0.15, 0.2) is 0 Å². The summed E-state index contributed by atoms with van der Waals surface area (Å²) in [5, 5.41) is 12.5. The lowest BCUT2D eigenvalue weighted by Crippen LogP contribution is -2.45. The molecule has 1 rings (SSSR count). The molecule has 0 atom stereocenters. The molecule has 0 unspecified atom stereocenters. The van der Waals surface area contributed by atoms with E-state index in [0.717, 1.165) is 45.3 Å². The highest BCUT2D eigenvalue weighted by Crippen LogP contribution is 2.20. The maximum absolute atomic E-state index is 11.6. The molecule has 1 heterocycles. The smallest absolute Gasteiger partial charge is 0.409 e. The van der Waals surface area contributed by atoms with Gasteiger partial charge in [-0.15, -0.1) is 0 Å². The van der Waals surface area contributed by atoms with Crippen molar-refractivity contribution in [1.29, 1.82) is 5.26 Å². The zero-order valence-corrected chi connectivity index (χ0v) is 12.9. The summed E-state index contributed by atoms with van der Waals surface area (Å²) in [7, 11) is 0. The zero-order valence-electron chi connectivity index (χ0n) is 12.9. The van der Waals surface area contributed by atoms with Crippen molar-refractivity contribution in [2.75, 3.05) is 26.2 Å². The highest BCUT2D eigenvalue weighted by Gasteiger charge is 2.23. The van der Waals surface area contributed by atoms with Crippen LogP contribution in [0, 0.1) is 16.7 Å². The number of hydrogen-bond donors (Lipinski definition) is 1. The summed E-state index contributed by atoms with van der Waals surface area (Å²) < 4.78 is 5.00. The minimum atomic E-state index is -0.227. The number of nitrogens with zero attached hydrogens (tertiary/aromatic N) is 2. The van der Waals surface area contributed by atoms with Crippen molar-refractivity contribution < 1.29 is 9.53 Å². The number of hydrogen-bond acceptors (Lipinski definition) is 4. The van der Waals surface area contributed by atoms with Crippen LogP contribution >= 0.6 is 0 Å². The largest absolute Gasteiger partial charge is 0.450 e. The number of ether oxygens (including phenoxy) is 1. The predicted molar refractivity (Wildman–Crippen MR) is 78.2 cm³/mol. The molecule has 0 bridgehead atoms. The topological polar surface area (TPSA) is 65.4 Å². The van der Waals surface area contributed by atoms with Crippen LogP contribution in [-0.4, -0.2) is 43.3 Å². The fraction of sp³-hybridized carbons (Fsp3) is 0.867. The first-order valence-electron chi connectivity index (χ1n) is 7.55. The minimum absolute atomic E-state index is 0.193. The quantitative estimate of drug-likeness (QED) is 0.760.